The third-order valence-corrected chi connectivity index (χ3v) is 5.83. The number of aromatic nitrogens is 3. The van der Waals surface area contributed by atoms with Crippen molar-refractivity contribution >= 4 is 22.6 Å². The fraction of sp³-hybridized carbons (Fsp3) is 0.321. The average molecular weight is 503 g/mol. The third kappa shape index (κ3) is 6.63. The van der Waals surface area contributed by atoms with Crippen molar-refractivity contribution in [2.24, 2.45) is 0 Å². The van der Waals surface area contributed by atoms with Gasteiger partial charge in [0.15, 0.2) is 5.65 Å². The third-order valence-electron chi connectivity index (χ3n) is 5.83. The summed E-state index contributed by atoms with van der Waals surface area (Å²) in [6.45, 7) is 5.78. The highest BCUT2D eigenvalue weighted by Crippen LogP contribution is 2.31. The minimum atomic E-state index is -0.596. The average Bonchev–Trinajstić information content (AvgIpc) is 3.35. The molecule has 0 radical (unpaired) electrons. The zero-order chi connectivity index (χ0) is 26.2. The van der Waals surface area contributed by atoms with Gasteiger partial charge in [0.1, 0.15) is 18.5 Å². The summed E-state index contributed by atoms with van der Waals surface area (Å²) in [6, 6.07) is 19.0. The number of anilines is 1. The number of likely N-dealkylation sites (N-methyl/N-ethyl adjacent to an activating group) is 1. The smallest absolute Gasteiger partial charge is 0.251 e. The van der Waals surface area contributed by atoms with Gasteiger partial charge in [-0.1, -0.05) is 30.3 Å². The summed E-state index contributed by atoms with van der Waals surface area (Å²) in [7, 11) is 1.79. The van der Waals surface area contributed by atoms with E-state index in [1.165, 1.54) is 0 Å². The first-order valence-electron chi connectivity index (χ1n) is 12.5. The molecule has 0 aliphatic heterocycles. The van der Waals surface area contributed by atoms with E-state index in [0.29, 0.717) is 30.9 Å². The molecular formula is C28H34N6O3. The molecule has 1 unspecified atom stereocenters. The number of aliphatic hydroxyl groups excluding tert-OH is 1. The summed E-state index contributed by atoms with van der Waals surface area (Å²) in [5.74, 6) is 0.553. The molecule has 4 rings (SSSR count). The second-order valence-electron chi connectivity index (χ2n) is 9.07. The van der Waals surface area contributed by atoms with E-state index < -0.39 is 6.10 Å². The van der Waals surface area contributed by atoms with Gasteiger partial charge in [0.2, 0.25) is 0 Å². The van der Waals surface area contributed by atoms with Crippen molar-refractivity contribution in [3.8, 4) is 17.0 Å². The first-order valence-corrected chi connectivity index (χ1v) is 12.5. The zero-order valence-electron chi connectivity index (χ0n) is 21.4. The van der Waals surface area contributed by atoms with Gasteiger partial charge >= 0.3 is 0 Å². The maximum atomic E-state index is 12.4. The quantitative estimate of drug-likeness (QED) is 0.219. The zero-order valence-corrected chi connectivity index (χ0v) is 21.4. The number of benzene rings is 2. The number of nitrogens with one attached hydrogen (secondary N) is 3. The molecule has 0 saturated carbocycles. The monoisotopic (exact) mass is 502 g/mol. The van der Waals surface area contributed by atoms with E-state index in [0.717, 1.165) is 28.0 Å². The van der Waals surface area contributed by atoms with Crippen LogP contribution in [0, 0.1) is 0 Å². The van der Waals surface area contributed by atoms with Crippen LogP contribution in [0.1, 0.15) is 30.2 Å². The topological polar surface area (TPSA) is 113 Å². The lowest BCUT2D eigenvalue weighted by atomic mass is 10.1. The van der Waals surface area contributed by atoms with E-state index in [-0.39, 0.29) is 18.6 Å². The molecule has 4 N–H and O–H groups in total. The van der Waals surface area contributed by atoms with Crippen LogP contribution in [0.5, 0.6) is 5.75 Å². The van der Waals surface area contributed by atoms with Gasteiger partial charge in [0.05, 0.1) is 17.3 Å². The van der Waals surface area contributed by atoms with Gasteiger partial charge in [-0.3, -0.25) is 4.79 Å². The van der Waals surface area contributed by atoms with Crippen molar-refractivity contribution in [2.75, 3.05) is 38.6 Å². The molecule has 9 heteroatoms. The van der Waals surface area contributed by atoms with Gasteiger partial charge in [-0.25, -0.2) is 9.67 Å². The molecule has 194 valence electrons. The van der Waals surface area contributed by atoms with Gasteiger partial charge in [-0.05, 0) is 51.2 Å². The van der Waals surface area contributed by atoms with Crippen LogP contribution in [0.4, 0.5) is 5.69 Å². The van der Waals surface area contributed by atoms with Crippen LogP contribution in [0.25, 0.3) is 22.3 Å². The largest absolute Gasteiger partial charge is 0.491 e. The van der Waals surface area contributed by atoms with Crippen molar-refractivity contribution in [2.45, 2.75) is 26.0 Å². The van der Waals surface area contributed by atoms with Gasteiger partial charge in [-0.15, -0.1) is 0 Å². The number of amides is 1. The molecule has 9 nitrogen and oxygen atoms in total. The number of rotatable bonds is 12. The molecule has 2 heterocycles. The van der Waals surface area contributed by atoms with E-state index in [2.05, 4.69) is 34.9 Å². The van der Waals surface area contributed by atoms with E-state index in [9.17, 15) is 9.90 Å². The normalized spacial score (nSPS) is 12.0. The summed E-state index contributed by atoms with van der Waals surface area (Å²) in [5, 5.41) is 24.8. The number of pyridine rings is 1. The maximum Gasteiger partial charge on any atom is 0.251 e. The number of ether oxygens (including phenoxy) is 1. The van der Waals surface area contributed by atoms with Crippen molar-refractivity contribution in [1.82, 2.24) is 25.4 Å². The summed E-state index contributed by atoms with van der Waals surface area (Å²) >= 11 is 0. The number of hydrogen-bond acceptors (Lipinski definition) is 7. The second kappa shape index (κ2) is 12.3. The summed E-state index contributed by atoms with van der Waals surface area (Å²) in [4.78, 5) is 17.3. The first kappa shape index (κ1) is 26.1. The first-order chi connectivity index (χ1) is 18.0. The van der Waals surface area contributed by atoms with Crippen LogP contribution in [-0.2, 0) is 0 Å². The minimum Gasteiger partial charge on any atom is -0.491 e. The van der Waals surface area contributed by atoms with Crippen molar-refractivity contribution in [1.29, 1.82) is 0 Å². The summed E-state index contributed by atoms with van der Waals surface area (Å²) < 4.78 is 7.69. The van der Waals surface area contributed by atoms with Crippen LogP contribution < -0.4 is 20.7 Å². The molecule has 2 aromatic heterocycles. The fourth-order valence-electron chi connectivity index (χ4n) is 3.99. The minimum absolute atomic E-state index is 0.104. The van der Waals surface area contributed by atoms with Gasteiger partial charge in [-0.2, -0.15) is 5.10 Å². The predicted octanol–water partition coefficient (Wildman–Crippen LogP) is 3.48. The number of hydrogen-bond donors (Lipinski definition) is 4. The second-order valence-corrected chi connectivity index (χ2v) is 9.07. The van der Waals surface area contributed by atoms with Crippen LogP contribution in [0.2, 0.25) is 0 Å². The van der Waals surface area contributed by atoms with Crippen LogP contribution in [0.3, 0.4) is 0 Å². The standard InChI is InChI=1S/C28H34N6O3/c1-19(2)34-27-24(17-32-34)26(30-12-13-31-28(36)20-8-5-4-6-9-20)15-25(33-27)21-10-7-11-23(14-21)37-18-22(35)16-29-3/h4-11,14-15,17,19,22,29,35H,12-13,16,18H2,1-3H3,(H,30,33)(H,31,36). The Morgan fingerprint density at radius 1 is 1.08 bits per heavy atom. The molecule has 0 saturated heterocycles. The van der Waals surface area contributed by atoms with E-state index in [1.54, 1.807) is 19.2 Å². The number of nitrogens with zero attached hydrogens (tertiary/aromatic N) is 3. The molecule has 1 amide bonds. The SMILES string of the molecule is CNCC(O)COc1cccc(-c2cc(NCCNC(=O)c3ccccc3)c3cnn(C(C)C)c3n2)c1. The Bertz CT molecular complexity index is 1320. The van der Waals surface area contributed by atoms with Crippen molar-refractivity contribution in [3.05, 3.63) is 72.4 Å². The molecule has 0 fully saturated rings. The Morgan fingerprint density at radius 3 is 2.65 bits per heavy atom. The highest BCUT2D eigenvalue weighted by molar-refractivity contribution is 5.94. The Kier molecular flexibility index (Phi) is 8.71. The molecule has 2 aromatic carbocycles. The van der Waals surface area contributed by atoms with E-state index in [1.807, 2.05) is 59.4 Å². The number of carbonyl (C=O) groups excluding carboxylic acids is 1. The van der Waals surface area contributed by atoms with Gasteiger partial charge < -0.3 is 25.8 Å². The molecule has 37 heavy (non-hydrogen) atoms. The number of aliphatic hydroxyl groups is 1. The number of fused-ring (bicyclic) bond motifs is 1. The maximum absolute atomic E-state index is 12.4. The lowest BCUT2D eigenvalue weighted by Gasteiger charge is -2.14. The van der Waals surface area contributed by atoms with Gasteiger partial charge in [0, 0.05) is 42.5 Å². The fourth-order valence-corrected chi connectivity index (χ4v) is 3.99. The Hall–Kier alpha value is -3.95. The lowest BCUT2D eigenvalue weighted by molar-refractivity contribution is 0.0955. The molecule has 4 aromatic rings. The summed E-state index contributed by atoms with van der Waals surface area (Å²) in [5.41, 5.74) is 3.96. The lowest BCUT2D eigenvalue weighted by Crippen LogP contribution is -2.29. The molecule has 0 aliphatic carbocycles. The van der Waals surface area contributed by atoms with Gasteiger partial charge in [0.25, 0.3) is 5.91 Å². The molecule has 0 aliphatic rings. The van der Waals surface area contributed by atoms with E-state index in [4.69, 9.17) is 9.72 Å². The Labute approximate surface area is 216 Å². The molecule has 1 atom stereocenters. The predicted molar refractivity (Wildman–Crippen MR) is 146 cm³/mol. The molecule has 0 bridgehead atoms. The highest BCUT2D eigenvalue weighted by Gasteiger charge is 2.15. The number of carbonyl (C=O) groups is 1. The summed E-state index contributed by atoms with van der Waals surface area (Å²) in [6.07, 6.45) is 1.22. The Balaban J connectivity index is 1.54. The van der Waals surface area contributed by atoms with E-state index >= 15 is 0 Å². The van der Waals surface area contributed by atoms with Crippen molar-refractivity contribution < 1.29 is 14.6 Å². The Morgan fingerprint density at radius 2 is 1.89 bits per heavy atom. The highest BCUT2D eigenvalue weighted by atomic mass is 16.5. The van der Waals surface area contributed by atoms with Crippen molar-refractivity contribution in [3.63, 3.8) is 0 Å². The van der Waals surface area contributed by atoms with Crippen LogP contribution in [-0.4, -0.2) is 65.2 Å². The van der Waals surface area contributed by atoms with Crippen LogP contribution >= 0.6 is 0 Å². The molecular weight excluding hydrogens is 468 g/mol. The molecule has 0 spiro atoms. The van der Waals surface area contributed by atoms with Crippen LogP contribution in [0.15, 0.2) is 66.9 Å².